The zero-order valence-electron chi connectivity index (χ0n) is 9.86. The molecule has 0 aliphatic heterocycles. The van der Waals surface area contributed by atoms with Crippen molar-refractivity contribution >= 4 is 0 Å². The SMILES string of the molecule is CC1(CC2CCCC2)CCCCCC1. The van der Waals surface area contributed by atoms with E-state index in [-0.39, 0.29) is 0 Å². The van der Waals surface area contributed by atoms with Crippen molar-refractivity contribution in [2.75, 3.05) is 0 Å². The molecule has 0 radical (unpaired) electrons. The Hall–Kier alpha value is 0. The predicted octanol–water partition coefficient (Wildman–Crippen LogP) is 4.93. The Bertz CT molecular complexity index is 157. The Morgan fingerprint density at radius 3 is 2.00 bits per heavy atom. The molecule has 0 heterocycles. The molecule has 0 amide bonds. The van der Waals surface area contributed by atoms with E-state index in [2.05, 4.69) is 6.92 Å². The van der Waals surface area contributed by atoms with Crippen LogP contribution in [0.3, 0.4) is 0 Å². The third-order valence-electron chi connectivity index (χ3n) is 4.57. The summed E-state index contributed by atoms with van der Waals surface area (Å²) in [6.45, 7) is 2.57. The smallest absolute Gasteiger partial charge is 0.0323 e. The molecule has 0 saturated heterocycles. The number of hydrogen-bond donors (Lipinski definition) is 0. The van der Waals surface area contributed by atoms with Crippen LogP contribution in [-0.2, 0) is 0 Å². The van der Waals surface area contributed by atoms with Crippen molar-refractivity contribution in [3.05, 3.63) is 0 Å². The first-order chi connectivity index (χ1) is 6.79. The molecule has 0 spiro atoms. The van der Waals surface area contributed by atoms with Crippen LogP contribution in [0.4, 0.5) is 0 Å². The van der Waals surface area contributed by atoms with Crippen molar-refractivity contribution < 1.29 is 0 Å². The average Bonchev–Trinajstić information content (AvgIpc) is 2.55. The molecule has 0 aromatic carbocycles. The van der Waals surface area contributed by atoms with E-state index >= 15 is 0 Å². The monoisotopic (exact) mass is 194 g/mol. The van der Waals surface area contributed by atoms with Gasteiger partial charge in [0.05, 0.1) is 0 Å². The summed E-state index contributed by atoms with van der Waals surface area (Å²) >= 11 is 0. The van der Waals surface area contributed by atoms with Crippen LogP contribution in [-0.4, -0.2) is 0 Å². The lowest BCUT2D eigenvalue weighted by Gasteiger charge is -2.31. The van der Waals surface area contributed by atoms with Crippen LogP contribution in [0.25, 0.3) is 0 Å². The second-order valence-electron chi connectivity index (χ2n) is 6.08. The van der Waals surface area contributed by atoms with Crippen LogP contribution in [0.5, 0.6) is 0 Å². The van der Waals surface area contributed by atoms with E-state index in [1.165, 1.54) is 64.2 Å². The summed E-state index contributed by atoms with van der Waals surface area (Å²) in [4.78, 5) is 0. The zero-order chi connectivity index (χ0) is 9.86. The summed E-state index contributed by atoms with van der Waals surface area (Å²) in [5.41, 5.74) is 0.728. The highest BCUT2D eigenvalue weighted by Crippen LogP contribution is 2.43. The van der Waals surface area contributed by atoms with E-state index in [1.807, 2.05) is 0 Å². The maximum atomic E-state index is 2.57. The molecule has 2 aliphatic rings. The average molecular weight is 194 g/mol. The Kier molecular flexibility index (Phi) is 3.52. The Morgan fingerprint density at radius 1 is 0.857 bits per heavy atom. The first-order valence-corrected chi connectivity index (χ1v) is 6.79. The van der Waals surface area contributed by atoms with Gasteiger partial charge < -0.3 is 0 Å². The van der Waals surface area contributed by atoms with Crippen molar-refractivity contribution in [3.63, 3.8) is 0 Å². The normalized spacial score (nSPS) is 28.9. The molecule has 0 heteroatoms. The fourth-order valence-electron chi connectivity index (χ4n) is 3.70. The van der Waals surface area contributed by atoms with Gasteiger partial charge in [0.2, 0.25) is 0 Å². The highest BCUT2D eigenvalue weighted by molar-refractivity contribution is 4.82. The van der Waals surface area contributed by atoms with Crippen molar-refractivity contribution in [1.29, 1.82) is 0 Å². The first kappa shape index (κ1) is 10.5. The van der Waals surface area contributed by atoms with Crippen LogP contribution in [0.15, 0.2) is 0 Å². The highest BCUT2D eigenvalue weighted by atomic mass is 14.3. The second-order valence-corrected chi connectivity index (χ2v) is 6.08. The van der Waals surface area contributed by atoms with E-state index in [0.717, 1.165) is 11.3 Å². The lowest BCUT2D eigenvalue weighted by atomic mass is 9.75. The van der Waals surface area contributed by atoms with Gasteiger partial charge >= 0.3 is 0 Å². The summed E-state index contributed by atoms with van der Waals surface area (Å²) in [6.07, 6.45) is 16.7. The fourth-order valence-corrected chi connectivity index (χ4v) is 3.70. The van der Waals surface area contributed by atoms with E-state index in [9.17, 15) is 0 Å². The molecule has 0 aromatic rings. The van der Waals surface area contributed by atoms with Crippen LogP contribution in [0, 0.1) is 11.3 Å². The van der Waals surface area contributed by atoms with Crippen molar-refractivity contribution in [2.24, 2.45) is 11.3 Å². The summed E-state index contributed by atoms with van der Waals surface area (Å²) in [5.74, 6) is 1.10. The van der Waals surface area contributed by atoms with Crippen LogP contribution in [0.1, 0.15) is 77.6 Å². The molecule has 0 N–H and O–H groups in total. The topological polar surface area (TPSA) is 0 Å². The summed E-state index contributed by atoms with van der Waals surface area (Å²) in [7, 11) is 0. The fraction of sp³-hybridized carbons (Fsp3) is 1.00. The standard InChI is InChI=1S/C14H26/c1-14(10-6-2-3-7-11-14)12-13-8-4-5-9-13/h13H,2-12H2,1H3. The van der Waals surface area contributed by atoms with Gasteiger partial charge in [0, 0.05) is 0 Å². The van der Waals surface area contributed by atoms with Gasteiger partial charge in [-0.2, -0.15) is 0 Å². The maximum Gasteiger partial charge on any atom is -0.0323 e. The Labute approximate surface area is 89.5 Å². The molecule has 0 atom stereocenters. The van der Waals surface area contributed by atoms with E-state index < -0.39 is 0 Å². The third-order valence-corrected chi connectivity index (χ3v) is 4.57. The molecule has 2 fully saturated rings. The van der Waals surface area contributed by atoms with Gasteiger partial charge in [-0.05, 0) is 30.6 Å². The van der Waals surface area contributed by atoms with Gasteiger partial charge in [-0.25, -0.2) is 0 Å². The Morgan fingerprint density at radius 2 is 1.43 bits per heavy atom. The molecule has 0 unspecified atom stereocenters. The van der Waals surface area contributed by atoms with Crippen molar-refractivity contribution in [1.82, 2.24) is 0 Å². The van der Waals surface area contributed by atoms with E-state index in [4.69, 9.17) is 0 Å². The molecule has 2 rings (SSSR count). The second kappa shape index (κ2) is 4.68. The van der Waals surface area contributed by atoms with Gasteiger partial charge in [-0.3, -0.25) is 0 Å². The van der Waals surface area contributed by atoms with E-state index in [1.54, 1.807) is 6.42 Å². The highest BCUT2D eigenvalue weighted by Gasteiger charge is 2.29. The quantitative estimate of drug-likeness (QED) is 0.547. The summed E-state index contributed by atoms with van der Waals surface area (Å²) < 4.78 is 0. The molecular weight excluding hydrogens is 168 g/mol. The van der Waals surface area contributed by atoms with Gasteiger partial charge in [-0.15, -0.1) is 0 Å². The van der Waals surface area contributed by atoms with Gasteiger partial charge in [0.15, 0.2) is 0 Å². The number of rotatable bonds is 2. The lowest BCUT2D eigenvalue weighted by Crippen LogP contribution is -2.18. The lowest BCUT2D eigenvalue weighted by molar-refractivity contribution is 0.208. The molecule has 82 valence electrons. The molecule has 0 nitrogen and oxygen atoms in total. The first-order valence-electron chi connectivity index (χ1n) is 6.79. The maximum absolute atomic E-state index is 2.57. The summed E-state index contributed by atoms with van der Waals surface area (Å²) in [5, 5.41) is 0. The van der Waals surface area contributed by atoms with E-state index in [0.29, 0.717) is 0 Å². The summed E-state index contributed by atoms with van der Waals surface area (Å²) in [6, 6.07) is 0. The van der Waals surface area contributed by atoms with Crippen LogP contribution in [0.2, 0.25) is 0 Å². The zero-order valence-corrected chi connectivity index (χ0v) is 9.86. The van der Waals surface area contributed by atoms with Crippen LogP contribution < -0.4 is 0 Å². The van der Waals surface area contributed by atoms with Gasteiger partial charge in [0.25, 0.3) is 0 Å². The third kappa shape index (κ3) is 2.74. The van der Waals surface area contributed by atoms with Crippen molar-refractivity contribution in [2.45, 2.75) is 77.6 Å². The van der Waals surface area contributed by atoms with Crippen LogP contribution >= 0.6 is 0 Å². The minimum atomic E-state index is 0.728. The molecule has 14 heavy (non-hydrogen) atoms. The van der Waals surface area contributed by atoms with Gasteiger partial charge in [0.1, 0.15) is 0 Å². The van der Waals surface area contributed by atoms with Gasteiger partial charge in [-0.1, -0.05) is 58.3 Å². The minimum absolute atomic E-state index is 0.728. The molecular formula is C14H26. The Balaban J connectivity index is 1.85. The molecule has 0 bridgehead atoms. The molecule has 0 aromatic heterocycles. The largest absolute Gasteiger partial charge is 0.0596 e. The van der Waals surface area contributed by atoms with Crippen molar-refractivity contribution in [3.8, 4) is 0 Å². The molecule has 2 aliphatic carbocycles. The number of hydrogen-bond acceptors (Lipinski definition) is 0. The minimum Gasteiger partial charge on any atom is -0.0596 e. The predicted molar refractivity (Wildman–Crippen MR) is 62.4 cm³/mol. The molecule has 2 saturated carbocycles.